The molecule has 0 aromatic heterocycles. The number of carbonyl (C=O) groups excluding carboxylic acids is 3. The second kappa shape index (κ2) is 7.05. The molecule has 26 heavy (non-hydrogen) atoms. The van der Waals surface area contributed by atoms with Gasteiger partial charge in [-0.2, -0.15) is 0 Å². The van der Waals surface area contributed by atoms with Gasteiger partial charge in [-0.15, -0.1) is 0 Å². The van der Waals surface area contributed by atoms with Crippen molar-refractivity contribution in [3.63, 3.8) is 0 Å². The van der Waals surface area contributed by atoms with Gasteiger partial charge in [-0.05, 0) is 55.4 Å². The van der Waals surface area contributed by atoms with Gasteiger partial charge in [-0.3, -0.25) is 14.5 Å². The van der Waals surface area contributed by atoms with Gasteiger partial charge < -0.3 is 10.6 Å². The molecule has 1 heterocycles. The molecule has 1 fully saturated rings. The van der Waals surface area contributed by atoms with Crippen molar-refractivity contribution in [2.45, 2.75) is 57.5 Å². The molecule has 1 atom stereocenters. The summed E-state index contributed by atoms with van der Waals surface area (Å²) in [7, 11) is 0. The standard InChI is InChI=1S/C19H24FN3O3/c1-3-19(4-2)17(25)23(18(26)22-19)11-16(24)21-15-7-5-6-12-8-9-13(20)10-14(12)15/h8-10,15H,3-7,11H2,1-2H3,(H,21,24)(H,22,26)/t15-/m1/s1. The van der Waals surface area contributed by atoms with E-state index in [0.29, 0.717) is 19.3 Å². The van der Waals surface area contributed by atoms with Crippen LogP contribution >= 0.6 is 0 Å². The topological polar surface area (TPSA) is 78.5 Å². The van der Waals surface area contributed by atoms with Crippen LogP contribution in [0.4, 0.5) is 9.18 Å². The highest BCUT2D eigenvalue weighted by atomic mass is 19.1. The van der Waals surface area contributed by atoms with E-state index >= 15 is 0 Å². The molecule has 0 saturated carbocycles. The Bertz CT molecular complexity index is 746. The van der Waals surface area contributed by atoms with E-state index in [2.05, 4.69) is 10.6 Å². The fraction of sp³-hybridized carbons (Fsp3) is 0.526. The Hall–Kier alpha value is -2.44. The summed E-state index contributed by atoms with van der Waals surface area (Å²) in [5.41, 5.74) is 0.880. The van der Waals surface area contributed by atoms with Gasteiger partial charge in [0.15, 0.2) is 0 Å². The third-order valence-corrected chi connectivity index (χ3v) is 5.51. The van der Waals surface area contributed by atoms with Gasteiger partial charge >= 0.3 is 6.03 Å². The molecule has 1 saturated heterocycles. The molecule has 1 aliphatic carbocycles. The van der Waals surface area contributed by atoms with E-state index < -0.39 is 17.5 Å². The van der Waals surface area contributed by atoms with E-state index in [4.69, 9.17) is 0 Å². The summed E-state index contributed by atoms with van der Waals surface area (Å²) < 4.78 is 13.6. The number of nitrogens with zero attached hydrogens (tertiary/aromatic N) is 1. The van der Waals surface area contributed by atoms with E-state index in [-0.39, 0.29) is 24.3 Å². The summed E-state index contributed by atoms with van der Waals surface area (Å²) in [5, 5.41) is 5.56. The Morgan fingerprint density at radius 3 is 2.73 bits per heavy atom. The first-order valence-corrected chi connectivity index (χ1v) is 9.12. The first kappa shape index (κ1) is 18.4. The fourth-order valence-corrected chi connectivity index (χ4v) is 3.85. The second-order valence-corrected chi connectivity index (χ2v) is 6.97. The van der Waals surface area contributed by atoms with Crippen LogP contribution in [0.1, 0.15) is 56.7 Å². The van der Waals surface area contributed by atoms with E-state index in [0.717, 1.165) is 28.9 Å². The zero-order valence-electron chi connectivity index (χ0n) is 15.1. The Labute approximate surface area is 152 Å². The monoisotopic (exact) mass is 361 g/mol. The first-order valence-electron chi connectivity index (χ1n) is 9.12. The SMILES string of the molecule is CCC1(CC)NC(=O)N(CC(=O)N[C@@H]2CCCc3ccc(F)cc32)C1=O. The third-order valence-electron chi connectivity index (χ3n) is 5.51. The maximum absolute atomic E-state index is 13.6. The van der Waals surface area contributed by atoms with Crippen molar-refractivity contribution in [3.05, 3.63) is 35.1 Å². The summed E-state index contributed by atoms with van der Waals surface area (Å²) >= 11 is 0. The van der Waals surface area contributed by atoms with E-state index in [1.165, 1.54) is 12.1 Å². The lowest BCUT2D eigenvalue weighted by molar-refractivity contribution is -0.135. The fourth-order valence-electron chi connectivity index (χ4n) is 3.85. The molecule has 0 bridgehead atoms. The number of amides is 4. The van der Waals surface area contributed by atoms with Crippen LogP contribution in [0, 0.1) is 5.82 Å². The lowest BCUT2D eigenvalue weighted by Gasteiger charge is -2.27. The summed E-state index contributed by atoms with van der Waals surface area (Å²) in [6.45, 7) is 3.34. The summed E-state index contributed by atoms with van der Waals surface area (Å²) in [6.07, 6.45) is 3.39. The number of rotatable bonds is 5. The number of aryl methyl sites for hydroxylation is 1. The Kier molecular flexibility index (Phi) is 4.98. The van der Waals surface area contributed by atoms with Gasteiger partial charge in [0.1, 0.15) is 17.9 Å². The van der Waals surface area contributed by atoms with Gasteiger partial charge in [-0.25, -0.2) is 9.18 Å². The van der Waals surface area contributed by atoms with Crippen LogP contribution in [-0.4, -0.2) is 34.8 Å². The highest BCUT2D eigenvalue weighted by Gasteiger charge is 2.49. The molecule has 2 aliphatic rings. The molecule has 0 unspecified atom stereocenters. The number of carbonyl (C=O) groups is 3. The normalized spacial score (nSPS) is 21.3. The first-order chi connectivity index (χ1) is 12.4. The molecule has 0 radical (unpaired) electrons. The zero-order chi connectivity index (χ0) is 18.9. The van der Waals surface area contributed by atoms with Crippen molar-refractivity contribution in [1.82, 2.24) is 15.5 Å². The Morgan fingerprint density at radius 2 is 2.08 bits per heavy atom. The summed E-state index contributed by atoms with van der Waals surface area (Å²) in [5.74, 6) is -1.12. The molecule has 0 spiro atoms. The molecule has 6 nitrogen and oxygen atoms in total. The van der Waals surface area contributed by atoms with Crippen LogP contribution < -0.4 is 10.6 Å². The van der Waals surface area contributed by atoms with Gasteiger partial charge in [-0.1, -0.05) is 19.9 Å². The quantitative estimate of drug-likeness (QED) is 0.791. The average molecular weight is 361 g/mol. The molecule has 2 N–H and O–H groups in total. The highest BCUT2D eigenvalue weighted by Crippen LogP contribution is 2.30. The van der Waals surface area contributed by atoms with Crippen LogP contribution in [0.25, 0.3) is 0 Å². The minimum absolute atomic E-state index is 0.301. The number of hydrogen-bond acceptors (Lipinski definition) is 3. The second-order valence-electron chi connectivity index (χ2n) is 6.97. The molecule has 1 aromatic rings. The molecule has 7 heteroatoms. The molecule has 1 aromatic carbocycles. The largest absolute Gasteiger partial charge is 0.348 e. The Morgan fingerprint density at radius 1 is 1.35 bits per heavy atom. The lowest BCUT2D eigenvalue weighted by atomic mass is 9.87. The number of fused-ring (bicyclic) bond motifs is 1. The summed E-state index contributed by atoms with van der Waals surface area (Å²) in [6, 6.07) is 3.78. The maximum Gasteiger partial charge on any atom is 0.325 e. The van der Waals surface area contributed by atoms with Crippen LogP contribution in [0.5, 0.6) is 0 Å². The minimum Gasteiger partial charge on any atom is -0.348 e. The smallest absolute Gasteiger partial charge is 0.325 e. The number of urea groups is 1. The predicted octanol–water partition coefficient (Wildman–Crippen LogP) is 2.43. The van der Waals surface area contributed by atoms with Gasteiger partial charge in [0.05, 0.1) is 6.04 Å². The van der Waals surface area contributed by atoms with Gasteiger partial charge in [0.25, 0.3) is 5.91 Å². The van der Waals surface area contributed by atoms with Crippen molar-refractivity contribution in [1.29, 1.82) is 0 Å². The number of imide groups is 1. The van der Waals surface area contributed by atoms with Crippen LogP contribution in [0.15, 0.2) is 18.2 Å². The number of nitrogens with one attached hydrogen (secondary N) is 2. The predicted molar refractivity (Wildman–Crippen MR) is 93.8 cm³/mol. The molecule has 4 amide bonds. The van der Waals surface area contributed by atoms with Gasteiger partial charge in [0.2, 0.25) is 5.91 Å². The van der Waals surface area contributed by atoms with Crippen LogP contribution in [0.3, 0.4) is 0 Å². The van der Waals surface area contributed by atoms with Crippen LogP contribution in [0.2, 0.25) is 0 Å². The van der Waals surface area contributed by atoms with Crippen LogP contribution in [-0.2, 0) is 16.0 Å². The highest BCUT2D eigenvalue weighted by molar-refractivity contribution is 6.09. The average Bonchev–Trinajstić information content (AvgIpc) is 2.87. The van der Waals surface area contributed by atoms with E-state index in [1.54, 1.807) is 6.07 Å². The van der Waals surface area contributed by atoms with Crippen molar-refractivity contribution < 1.29 is 18.8 Å². The Balaban J connectivity index is 1.70. The molecule has 140 valence electrons. The third kappa shape index (κ3) is 3.18. The van der Waals surface area contributed by atoms with E-state index in [9.17, 15) is 18.8 Å². The molecule has 3 rings (SSSR count). The van der Waals surface area contributed by atoms with Crippen molar-refractivity contribution >= 4 is 17.8 Å². The van der Waals surface area contributed by atoms with Crippen molar-refractivity contribution in [3.8, 4) is 0 Å². The number of halogens is 1. The molecule has 1 aliphatic heterocycles. The van der Waals surface area contributed by atoms with Crippen molar-refractivity contribution in [2.75, 3.05) is 6.54 Å². The van der Waals surface area contributed by atoms with Gasteiger partial charge in [0, 0.05) is 0 Å². The van der Waals surface area contributed by atoms with Crippen molar-refractivity contribution in [2.24, 2.45) is 0 Å². The number of hydrogen-bond donors (Lipinski definition) is 2. The lowest BCUT2D eigenvalue weighted by Crippen LogP contribution is -2.47. The molecular formula is C19H24FN3O3. The maximum atomic E-state index is 13.6. The minimum atomic E-state index is -0.919. The zero-order valence-corrected chi connectivity index (χ0v) is 15.1. The number of benzene rings is 1. The van der Waals surface area contributed by atoms with E-state index in [1.807, 2.05) is 13.8 Å². The molecular weight excluding hydrogens is 337 g/mol. The summed E-state index contributed by atoms with van der Waals surface area (Å²) in [4.78, 5) is 38.2.